The minimum Gasteiger partial charge on any atom is -0.497 e. The van der Waals surface area contributed by atoms with Gasteiger partial charge in [-0.15, -0.1) is 0 Å². The molecule has 6 heteroatoms. The van der Waals surface area contributed by atoms with Crippen molar-refractivity contribution in [2.45, 2.75) is 57.5 Å². The minimum atomic E-state index is -0.131. The first-order valence-corrected chi connectivity index (χ1v) is 9.94. The van der Waals surface area contributed by atoms with E-state index in [9.17, 15) is 9.59 Å². The van der Waals surface area contributed by atoms with Gasteiger partial charge < -0.3 is 20.1 Å². The molecule has 0 bridgehead atoms. The fourth-order valence-electron chi connectivity index (χ4n) is 4.51. The number of nitrogens with one attached hydrogen (secondary N) is 2. The van der Waals surface area contributed by atoms with Gasteiger partial charge in [-0.05, 0) is 49.7 Å². The number of rotatable bonds is 7. The highest BCUT2D eigenvalue weighted by atomic mass is 16.5. The van der Waals surface area contributed by atoms with Gasteiger partial charge in [-0.25, -0.2) is 0 Å². The van der Waals surface area contributed by atoms with Gasteiger partial charge in [0.15, 0.2) is 6.61 Å². The van der Waals surface area contributed by atoms with E-state index in [1.807, 2.05) is 12.1 Å². The number of carbonyl (C=O) groups excluding carboxylic acids is 2. The predicted molar refractivity (Wildman–Crippen MR) is 103 cm³/mol. The Kier molecular flexibility index (Phi) is 6.58. The molecule has 6 nitrogen and oxygen atoms in total. The van der Waals surface area contributed by atoms with Gasteiger partial charge in [0.1, 0.15) is 11.5 Å². The number of methoxy groups -OCH3 is 1. The molecule has 1 saturated heterocycles. The molecular formula is C21H30N2O4. The molecule has 27 heavy (non-hydrogen) atoms. The second-order valence-electron chi connectivity index (χ2n) is 7.64. The number of piperidine rings is 1. The minimum absolute atomic E-state index is 0.0252. The molecule has 2 N–H and O–H groups in total. The van der Waals surface area contributed by atoms with Gasteiger partial charge >= 0.3 is 0 Å². The van der Waals surface area contributed by atoms with Crippen molar-refractivity contribution in [2.75, 3.05) is 13.7 Å². The van der Waals surface area contributed by atoms with Gasteiger partial charge in [0.25, 0.3) is 5.91 Å². The van der Waals surface area contributed by atoms with E-state index in [4.69, 9.17) is 9.47 Å². The molecule has 148 valence electrons. The summed E-state index contributed by atoms with van der Waals surface area (Å²) < 4.78 is 10.7. The molecule has 3 rings (SSSR count). The molecule has 1 aliphatic carbocycles. The van der Waals surface area contributed by atoms with Crippen LogP contribution in [0.2, 0.25) is 0 Å². The molecule has 1 aromatic rings. The number of hydrogen-bond acceptors (Lipinski definition) is 4. The standard InChI is InChI=1S/C21H30N2O4/c1-3-5-14-10-20(24)23-19-11-15(8-9-18(14)19)22-21(25)13-27-17-7-4-6-16(12-17)26-2/h4,6-7,12,14-15,18-19H,3,5,8-11,13H2,1-2H3,(H,22,25)(H,23,24). The molecule has 1 aromatic carbocycles. The lowest BCUT2D eigenvalue weighted by atomic mass is 9.70. The van der Waals surface area contributed by atoms with Crippen LogP contribution in [0.3, 0.4) is 0 Å². The van der Waals surface area contributed by atoms with Crippen molar-refractivity contribution in [1.82, 2.24) is 10.6 Å². The van der Waals surface area contributed by atoms with Crippen molar-refractivity contribution in [3.63, 3.8) is 0 Å². The normalized spacial score (nSPS) is 27.3. The molecule has 0 spiro atoms. The van der Waals surface area contributed by atoms with Crippen LogP contribution in [0.1, 0.15) is 45.4 Å². The summed E-state index contributed by atoms with van der Waals surface area (Å²) in [5, 5.41) is 6.21. The zero-order valence-electron chi connectivity index (χ0n) is 16.2. The number of hydrogen-bond donors (Lipinski definition) is 2. The monoisotopic (exact) mass is 374 g/mol. The van der Waals surface area contributed by atoms with Crippen LogP contribution in [0.15, 0.2) is 24.3 Å². The van der Waals surface area contributed by atoms with Crippen molar-refractivity contribution in [3.8, 4) is 11.5 Å². The maximum absolute atomic E-state index is 12.3. The van der Waals surface area contributed by atoms with E-state index in [1.54, 1.807) is 19.2 Å². The smallest absolute Gasteiger partial charge is 0.258 e. The molecule has 2 amide bonds. The van der Waals surface area contributed by atoms with Gasteiger partial charge in [0.2, 0.25) is 5.91 Å². The van der Waals surface area contributed by atoms with Gasteiger partial charge in [-0.3, -0.25) is 9.59 Å². The average Bonchev–Trinajstić information content (AvgIpc) is 2.66. The van der Waals surface area contributed by atoms with E-state index in [0.717, 1.165) is 32.1 Å². The fraction of sp³-hybridized carbons (Fsp3) is 0.619. The van der Waals surface area contributed by atoms with E-state index in [-0.39, 0.29) is 30.5 Å². The molecule has 1 heterocycles. The highest BCUT2D eigenvalue weighted by Gasteiger charge is 2.40. The van der Waals surface area contributed by atoms with E-state index in [2.05, 4.69) is 17.6 Å². The van der Waals surface area contributed by atoms with Crippen LogP contribution in [-0.2, 0) is 9.59 Å². The van der Waals surface area contributed by atoms with E-state index in [0.29, 0.717) is 29.8 Å². The van der Waals surface area contributed by atoms with Crippen molar-refractivity contribution in [1.29, 1.82) is 0 Å². The maximum atomic E-state index is 12.3. The second-order valence-corrected chi connectivity index (χ2v) is 7.64. The van der Waals surface area contributed by atoms with Crippen molar-refractivity contribution < 1.29 is 19.1 Å². The number of benzene rings is 1. The highest BCUT2D eigenvalue weighted by molar-refractivity contribution is 5.78. The van der Waals surface area contributed by atoms with Gasteiger partial charge in [-0.2, -0.15) is 0 Å². The Hall–Kier alpha value is -2.24. The zero-order chi connectivity index (χ0) is 19.2. The lowest BCUT2D eigenvalue weighted by Crippen LogP contribution is -2.55. The number of ether oxygens (including phenoxy) is 2. The fourth-order valence-corrected chi connectivity index (χ4v) is 4.51. The van der Waals surface area contributed by atoms with E-state index >= 15 is 0 Å². The predicted octanol–water partition coefficient (Wildman–Crippen LogP) is 2.66. The Morgan fingerprint density at radius 3 is 2.89 bits per heavy atom. The molecule has 2 fully saturated rings. The van der Waals surface area contributed by atoms with Gasteiger partial charge in [0.05, 0.1) is 7.11 Å². The summed E-state index contributed by atoms with van der Waals surface area (Å²) in [5.41, 5.74) is 0. The molecule has 0 radical (unpaired) electrons. The van der Waals surface area contributed by atoms with Crippen LogP contribution in [0.5, 0.6) is 11.5 Å². The lowest BCUT2D eigenvalue weighted by molar-refractivity contribution is -0.127. The molecule has 4 unspecified atom stereocenters. The Morgan fingerprint density at radius 2 is 2.11 bits per heavy atom. The molecule has 1 aliphatic heterocycles. The van der Waals surface area contributed by atoms with Crippen LogP contribution in [0.4, 0.5) is 0 Å². The summed E-state index contributed by atoms with van der Waals surface area (Å²) in [6, 6.07) is 7.48. The second kappa shape index (κ2) is 9.11. The first-order chi connectivity index (χ1) is 13.1. The van der Waals surface area contributed by atoms with E-state index < -0.39 is 0 Å². The first-order valence-electron chi connectivity index (χ1n) is 9.94. The largest absolute Gasteiger partial charge is 0.497 e. The van der Waals surface area contributed by atoms with Crippen LogP contribution in [-0.4, -0.2) is 37.6 Å². The van der Waals surface area contributed by atoms with Crippen molar-refractivity contribution in [2.24, 2.45) is 11.8 Å². The third-order valence-corrected chi connectivity index (χ3v) is 5.74. The third-order valence-electron chi connectivity index (χ3n) is 5.74. The SMILES string of the molecule is CCCC1CC(=O)NC2CC(NC(=O)COc3cccc(OC)c3)CCC12. The highest BCUT2D eigenvalue weighted by Crippen LogP contribution is 2.37. The van der Waals surface area contributed by atoms with E-state index in [1.165, 1.54) is 0 Å². The van der Waals surface area contributed by atoms with Gasteiger partial charge in [-0.1, -0.05) is 19.4 Å². The number of carbonyl (C=O) groups is 2. The lowest BCUT2D eigenvalue weighted by Gasteiger charge is -2.44. The third kappa shape index (κ3) is 5.15. The molecule has 1 saturated carbocycles. The molecule has 0 aromatic heterocycles. The Bertz CT molecular complexity index is 663. The summed E-state index contributed by atoms with van der Waals surface area (Å²) in [6.07, 6.45) is 5.70. The summed E-state index contributed by atoms with van der Waals surface area (Å²) in [5.74, 6) is 2.36. The summed E-state index contributed by atoms with van der Waals surface area (Å²) >= 11 is 0. The molecule has 4 atom stereocenters. The summed E-state index contributed by atoms with van der Waals surface area (Å²) in [7, 11) is 1.59. The maximum Gasteiger partial charge on any atom is 0.258 e. The van der Waals surface area contributed by atoms with Gasteiger partial charge in [0, 0.05) is 24.6 Å². The number of fused-ring (bicyclic) bond motifs is 1. The average molecular weight is 374 g/mol. The van der Waals surface area contributed by atoms with Crippen LogP contribution < -0.4 is 20.1 Å². The zero-order valence-corrected chi connectivity index (χ0v) is 16.2. The van der Waals surface area contributed by atoms with Crippen molar-refractivity contribution >= 4 is 11.8 Å². The summed E-state index contributed by atoms with van der Waals surface area (Å²) in [4.78, 5) is 24.3. The molecule has 2 aliphatic rings. The first kappa shape index (κ1) is 19.5. The number of amides is 2. The quantitative estimate of drug-likeness (QED) is 0.769. The van der Waals surface area contributed by atoms with Crippen LogP contribution >= 0.6 is 0 Å². The molecular weight excluding hydrogens is 344 g/mol. The summed E-state index contributed by atoms with van der Waals surface area (Å²) in [6.45, 7) is 2.15. The topological polar surface area (TPSA) is 76.7 Å². The Labute approximate surface area is 161 Å². The van der Waals surface area contributed by atoms with Crippen molar-refractivity contribution in [3.05, 3.63) is 24.3 Å². The Morgan fingerprint density at radius 1 is 1.30 bits per heavy atom. The van der Waals surface area contributed by atoms with Crippen LogP contribution in [0, 0.1) is 11.8 Å². The Balaban J connectivity index is 1.48. The van der Waals surface area contributed by atoms with Crippen LogP contribution in [0.25, 0.3) is 0 Å².